The standard InChI is InChI=1S/C13H16ClNO/c14-11-6-4-10(5-7-11)13-9-12-3-1-2-8-15(12)16-13/h4-7,12-13H,1-3,8-9H2/t12-,13-/m0/s1. The second-order valence-electron chi connectivity index (χ2n) is 4.67. The third-order valence-corrected chi connectivity index (χ3v) is 3.82. The van der Waals surface area contributed by atoms with Crippen molar-refractivity contribution in [3.05, 3.63) is 34.9 Å². The van der Waals surface area contributed by atoms with Crippen molar-refractivity contribution in [1.29, 1.82) is 0 Å². The van der Waals surface area contributed by atoms with Gasteiger partial charge in [-0.2, -0.15) is 5.06 Å². The first-order valence-electron chi connectivity index (χ1n) is 6.02. The number of hydrogen-bond donors (Lipinski definition) is 0. The van der Waals surface area contributed by atoms with Gasteiger partial charge in [0.2, 0.25) is 0 Å². The number of rotatable bonds is 1. The Labute approximate surface area is 101 Å². The van der Waals surface area contributed by atoms with Gasteiger partial charge in [0.05, 0.1) is 0 Å². The maximum atomic E-state index is 5.98. The first-order chi connectivity index (χ1) is 7.83. The molecule has 1 aromatic rings. The molecule has 3 heteroatoms. The number of benzene rings is 1. The van der Waals surface area contributed by atoms with E-state index in [1.165, 1.54) is 24.8 Å². The zero-order valence-electron chi connectivity index (χ0n) is 9.23. The Balaban J connectivity index is 1.75. The van der Waals surface area contributed by atoms with Gasteiger partial charge in [-0.15, -0.1) is 0 Å². The van der Waals surface area contributed by atoms with Crippen molar-refractivity contribution in [2.75, 3.05) is 6.54 Å². The van der Waals surface area contributed by atoms with E-state index in [1.54, 1.807) is 0 Å². The molecule has 2 atom stereocenters. The number of piperidine rings is 1. The molecule has 2 aliphatic heterocycles. The summed E-state index contributed by atoms with van der Waals surface area (Å²) in [5, 5.41) is 2.97. The molecule has 2 heterocycles. The van der Waals surface area contributed by atoms with Crippen molar-refractivity contribution in [2.24, 2.45) is 0 Å². The third kappa shape index (κ3) is 1.97. The summed E-state index contributed by atoms with van der Waals surface area (Å²) in [6.45, 7) is 1.09. The molecule has 16 heavy (non-hydrogen) atoms. The van der Waals surface area contributed by atoms with E-state index in [1.807, 2.05) is 12.1 Å². The zero-order valence-corrected chi connectivity index (χ0v) is 9.99. The van der Waals surface area contributed by atoms with Crippen LogP contribution in [0.15, 0.2) is 24.3 Å². The minimum Gasteiger partial charge on any atom is -0.291 e. The fourth-order valence-electron chi connectivity index (χ4n) is 2.68. The summed E-state index contributed by atoms with van der Waals surface area (Å²) in [6, 6.07) is 8.67. The van der Waals surface area contributed by atoms with Crippen LogP contribution >= 0.6 is 11.6 Å². The molecule has 0 spiro atoms. The van der Waals surface area contributed by atoms with E-state index < -0.39 is 0 Å². The van der Waals surface area contributed by atoms with Crippen LogP contribution in [0.3, 0.4) is 0 Å². The van der Waals surface area contributed by atoms with E-state index >= 15 is 0 Å². The lowest BCUT2D eigenvalue weighted by molar-refractivity contribution is -0.173. The van der Waals surface area contributed by atoms with Crippen LogP contribution in [0.2, 0.25) is 5.02 Å². The fourth-order valence-corrected chi connectivity index (χ4v) is 2.80. The molecule has 0 amide bonds. The molecule has 2 fully saturated rings. The average Bonchev–Trinajstić information content (AvgIpc) is 2.73. The quantitative estimate of drug-likeness (QED) is 0.741. The number of hydrogen-bond acceptors (Lipinski definition) is 2. The molecule has 2 aliphatic rings. The van der Waals surface area contributed by atoms with Crippen molar-refractivity contribution >= 4 is 11.6 Å². The lowest BCUT2D eigenvalue weighted by atomic mass is 9.97. The van der Waals surface area contributed by atoms with Crippen LogP contribution in [-0.4, -0.2) is 17.6 Å². The molecule has 0 unspecified atom stereocenters. The number of hydroxylamine groups is 2. The maximum absolute atomic E-state index is 5.98. The Morgan fingerprint density at radius 2 is 2.00 bits per heavy atom. The van der Waals surface area contributed by atoms with Crippen LogP contribution in [0.25, 0.3) is 0 Å². The van der Waals surface area contributed by atoms with Gasteiger partial charge in [-0.25, -0.2) is 0 Å². The maximum Gasteiger partial charge on any atom is 0.106 e. The first kappa shape index (κ1) is 10.6. The van der Waals surface area contributed by atoms with Crippen LogP contribution in [0.1, 0.15) is 37.4 Å². The SMILES string of the molecule is Clc1ccc([C@@H]2C[C@@H]3CCCCN3O2)cc1. The fraction of sp³-hybridized carbons (Fsp3) is 0.538. The van der Waals surface area contributed by atoms with Crippen LogP contribution in [-0.2, 0) is 4.84 Å². The van der Waals surface area contributed by atoms with E-state index in [9.17, 15) is 0 Å². The van der Waals surface area contributed by atoms with Gasteiger partial charge in [0.25, 0.3) is 0 Å². The summed E-state index contributed by atoms with van der Waals surface area (Å²) in [6.07, 6.45) is 5.26. The van der Waals surface area contributed by atoms with E-state index in [4.69, 9.17) is 16.4 Å². The Kier molecular flexibility index (Phi) is 2.88. The van der Waals surface area contributed by atoms with Crippen molar-refractivity contribution < 1.29 is 4.84 Å². The Morgan fingerprint density at radius 3 is 2.75 bits per heavy atom. The summed E-state index contributed by atoms with van der Waals surface area (Å²) < 4.78 is 0. The molecule has 0 N–H and O–H groups in total. The largest absolute Gasteiger partial charge is 0.291 e. The second kappa shape index (κ2) is 4.36. The highest BCUT2D eigenvalue weighted by molar-refractivity contribution is 6.30. The zero-order chi connectivity index (χ0) is 11.0. The monoisotopic (exact) mass is 237 g/mol. The highest BCUT2D eigenvalue weighted by Crippen LogP contribution is 2.37. The summed E-state index contributed by atoms with van der Waals surface area (Å²) in [4.78, 5) is 5.98. The van der Waals surface area contributed by atoms with Crippen LogP contribution in [0.5, 0.6) is 0 Å². The Hall–Kier alpha value is -0.570. The van der Waals surface area contributed by atoms with Gasteiger partial charge in [0.1, 0.15) is 6.10 Å². The molecule has 86 valence electrons. The molecule has 0 saturated carbocycles. The molecule has 1 aromatic carbocycles. The van der Waals surface area contributed by atoms with Gasteiger partial charge in [-0.1, -0.05) is 30.2 Å². The van der Waals surface area contributed by atoms with E-state index in [0.717, 1.165) is 18.0 Å². The summed E-state index contributed by atoms with van der Waals surface area (Å²) in [5.74, 6) is 0. The normalized spacial score (nSPS) is 30.3. The smallest absolute Gasteiger partial charge is 0.106 e. The van der Waals surface area contributed by atoms with Crippen molar-refractivity contribution in [3.8, 4) is 0 Å². The summed E-state index contributed by atoms with van der Waals surface area (Å²) in [5.41, 5.74) is 1.25. The number of fused-ring (bicyclic) bond motifs is 1. The van der Waals surface area contributed by atoms with Gasteiger partial charge < -0.3 is 0 Å². The van der Waals surface area contributed by atoms with Crippen molar-refractivity contribution in [1.82, 2.24) is 5.06 Å². The molecular formula is C13H16ClNO. The number of nitrogens with zero attached hydrogens (tertiary/aromatic N) is 1. The van der Waals surface area contributed by atoms with Crippen LogP contribution in [0, 0.1) is 0 Å². The highest BCUT2D eigenvalue weighted by Gasteiger charge is 2.35. The Morgan fingerprint density at radius 1 is 1.19 bits per heavy atom. The first-order valence-corrected chi connectivity index (χ1v) is 6.39. The molecular weight excluding hydrogens is 222 g/mol. The van der Waals surface area contributed by atoms with E-state index in [2.05, 4.69) is 17.2 Å². The Bertz CT molecular complexity index is 351. The van der Waals surface area contributed by atoms with E-state index in [0.29, 0.717) is 6.04 Å². The third-order valence-electron chi connectivity index (χ3n) is 3.56. The summed E-state index contributed by atoms with van der Waals surface area (Å²) >= 11 is 5.89. The molecule has 2 nitrogen and oxygen atoms in total. The van der Waals surface area contributed by atoms with Gasteiger partial charge in [0, 0.05) is 17.6 Å². The van der Waals surface area contributed by atoms with Gasteiger partial charge in [-0.3, -0.25) is 4.84 Å². The lowest BCUT2D eigenvalue weighted by Crippen LogP contribution is -2.32. The van der Waals surface area contributed by atoms with Crippen LogP contribution < -0.4 is 0 Å². The second-order valence-corrected chi connectivity index (χ2v) is 5.11. The van der Waals surface area contributed by atoms with Gasteiger partial charge >= 0.3 is 0 Å². The molecule has 0 bridgehead atoms. The molecule has 3 rings (SSSR count). The molecule has 2 saturated heterocycles. The van der Waals surface area contributed by atoms with E-state index in [-0.39, 0.29) is 6.10 Å². The van der Waals surface area contributed by atoms with Crippen molar-refractivity contribution in [3.63, 3.8) is 0 Å². The topological polar surface area (TPSA) is 12.5 Å². The summed E-state index contributed by atoms with van der Waals surface area (Å²) in [7, 11) is 0. The predicted molar refractivity (Wildman–Crippen MR) is 64.2 cm³/mol. The molecule has 0 aliphatic carbocycles. The van der Waals surface area contributed by atoms with Gasteiger partial charge in [-0.05, 0) is 37.0 Å². The predicted octanol–water partition coefficient (Wildman–Crippen LogP) is 3.57. The van der Waals surface area contributed by atoms with Crippen LogP contribution in [0.4, 0.5) is 0 Å². The minimum atomic E-state index is 0.236. The highest BCUT2D eigenvalue weighted by atomic mass is 35.5. The van der Waals surface area contributed by atoms with Crippen molar-refractivity contribution in [2.45, 2.75) is 37.8 Å². The molecule has 0 aromatic heterocycles. The number of halogens is 1. The minimum absolute atomic E-state index is 0.236. The lowest BCUT2D eigenvalue weighted by Gasteiger charge is -2.26. The van der Waals surface area contributed by atoms with Gasteiger partial charge in [0.15, 0.2) is 0 Å². The average molecular weight is 238 g/mol. The molecule has 0 radical (unpaired) electrons.